The summed E-state index contributed by atoms with van der Waals surface area (Å²) in [7, 11) is -17.5. The van der Waals surface area contributed by atoms with Gasteiger partial charge in [-0.2, -0.15) is 38.2 Å². The Morgan fingerprint density at radius 3 is 2.00 bits per heavy atom. The van der Waals surface area contributed by atoms with Gasteiger partial charge in [0.15, 0.2) is 5.71 Å². The van der Waals surface area contributed by atoms with Gasteiger partial charge in [-0.25, -0.2) is 0 Å². The topological polar surface area (TPSA) is 288 Å². The third kappa shape index (κ3) is 13.9. The van der Waals surface area contributed by atoms with Crippen LogP contribution in [0.1, 0.15) is 95.8 Å². The molecule has 0 atom stereocenters. The first-order valence-corrected chi connectivity index (χ1v) is 29.3. The highest BCUT2D eigenvalue weighted by Gasteiger charge is 2.45. The summed E-state index contributed by atoms with van der Waals surface area (Å²) in [5.74, 6) is 0.0640. The minimum atomic E-state index is -4.56. The van der Waals surface area contributed by atoms with Gasteiger partial charge in [0.05, 0.1) is 26.7 Å². The second kappa shape index (κ2) is 22.0. The molecule has 18 nitrogen and oxygen atoms in total. The molecule has 71 heavy (non-hydrogen) atoms. The van der Waals surface area contributed by atoms with E-state index in [1.807, 2.05) is 85.7 Å². The Morgan fingerprint density at radius 1 is 0.761 bits per heavy atom. The van der Waals surface area contributed by atoms with Gasteiger partial charge in [-0.1, -0.05) is 32.1 Å². The Bertz CT molecular complexity index is 3160. The van der Waals surface area contributed by atoms with Crippen molar-refractivity contribution in [3.63, 3.8) is 0 Å². The van der Waals surface area contributed by atoms with E-state index in [2.05, 4.69) is 5.32 Å². The van der Waals surface area contributed by atoms with Crippen LogP contribution < -0.4 is 20.7 Å². The number of hydrogen-bond donors (Lipinski definition) is 6. The third-order valence-electron chi connectivity index (χ3n) is 13.0. The summed E-state index contributed by atoms with van der Waals surface area (Å²) in [6, 6.07) is 16.1. The van der Waals surface area contributed by atoms with Crippen molar-refractivity contribution in [3.05, 3.63) is 124 Å². The first-order valence-electron chi connectivity index (χ1n) is 23.2. The zero-order valence-corrected chi connectivity index (χ0v) is 43.4. The van der Waals surface area contributed by atoms with E-state index in [1.165, 1.54) is 24.3 Å². The Morgan fingerprint density at radius 2 is 1.38 bits per heavy atom. The van der Waals surface area contributed by atoms with Crippen LogP contribution in [0.15, 0.2) is 117 Å². The van der Waals surface area contributed by atoms with Crippen molar-refractivity contribution >= 4 is 63.5 Å². The highest BCUT2D eigenvalue weighted by atomic mass is 32.2. The van der Waals surface area contributed by atoms with Gasteiger partial charge < -0.3 is 20.7 Å². The maximum atomic E-state index is 12.3. The first kappa shape index (κ1) is 55.3. The highest BCUT2D eigenvalue weighted by molar-refractivity contribution is 7.86. The fraction of sp³-hybridized carbons (Fsp3) is 0.429. The molecule has 0 fully saturated rings. The van der Waals surface area contributed by atoms with Crippen molar-refractivity contribution < 1.29 is 66.0 Å². The third-order valence-corrected chi connectivity index (χ3v) is 16.3. The number of nitrogens with zero attached hydrogens (tertiary/aromatic N) is 2. The van der Waals surface area contributed by atoms with E-state index in [0.717, 1.165) is 28.1 Å². The Kier molecular flexibility index (Phi) is 17.1. The number of nitrogens with two attached hydrogens (primary N) is 1. The molecular weight excluding hydrogens is 997 g/mol. The summed E-state index contributed by atoms with van der Waals surface area (Å²) >= 11 is 0. The molecule has 2 aliphatic heterocycles. The number of nitrogens with one attached hydrogen (secondary N) is 1. The summed E-state index contributed by atoms with van der Waals surface area (Å²) in [6.45, 7) is 9.01. The molecule has 0 unspecified atom stereocenters. The zero-order chi connectivity index (χ0) is 52.2. The highest BCUT2D eigenvalue weighted by Crippen LogP contribution is 2.49. The lowest BCUT2D eigenvalue weighted by molar-refractivity contribution is -0.438. The van der Waals surface area contributed by atoms with Crippen molar-refractivity contribution in [1.29, 1.82) is 0 Å². The largest absolute Gasteiger partial charge is 0.457 e. The summed E-state index contributed by atoms with van der Waals surface area (Å²) in [5.41, 5.74) is 10.5. The summed E-state index contributed by atoms with van der Waals surface area (Å²) in [5, 5.41) is 2.77. The lowest BCUT2D eigenvalue weighted by Gasteiger charge is -2.27. The molecule has 3 aromatic carbocycles. The summed E-state index contributed by atoms with van der Waals surface area (Å²) in [6.07, 6.45) is 11.4. The fourth-order valence-electron chi connectivity index (χ4n) is 9.33. The van der Waals surface area contributed by atoms with Gasteiger partial charge in [0, 0.05) is 67.0 Å². The molecule has 0 saturated carbocycles. The van der Waals surface area contributed by atoms with Gasteiger partial charge in [-0.15, -0.1) is 0 Å². The molecule has 0 spiro atoms. The average molecular weight is 1060 g/mol. The van der Waals surface area contributed by atoms with Crippen LogP contribution in [0.5, 0.6) is 5.75 Å². The van der Waals surface area contributed by atoms with Gasteiger partial charge in [0.1, 0.15) is 18.1 Å². The molecule has 386 valence electrons. The number of aryl methyl sites for hydroxylation is 1. The first-order chi connectivity index (χ1) is 33.1. The molecule has 3 aromatic rings. The van der Waals surface area contributed by atoms with E-state index >= 15 is 0 Å². The molecule has 0 bridgehead atoms. The Labute approximate surface area is 417 Å². The van der Waals surface area contributed by atoms with Crippen molar-refractivity contribution in [2.75, 3.05) is 42.6 Å². The fourth-order valence-corrected chi connectivity index (χ4v) is 11.5. The molecule has 0 radical (unpaired) electrons. The number of ether oxygens (including phenoxy) is 1. The number of carbonyl (C=O) groups is 1. The van der Waals surface area contributed by atoms with E-state index < -0.39 is 62.8 Å². The molecule has 3 aliphatic rings. The second-order valence-electron chi connectivity index (χ2n) is 18.9. The second-order valence-corrected chi connectivity index (χ2v) is 24.9. The van der Waals surface area contributed by atoms with Crippen molar-refractivity contribution in [3.8, 4) is 5.75 Å². The number of hydrogen-bond acceptors (Lipinski definition) is 12. The standard InChI is InChI=1S/C49H62N4O14S4/c1-48(2)40-32-38(70(61,62)63)19-21-42(40)52(28-5-7-30-68(55,56)57)44(48)23-15-35-10-9-11-36(47(35)67-37-17-12-34(13-18-37)14-25-46(54)51-27-26-50)16-24-45-49(3,4)41-33-39(71(64,65)66)20-22-43(41)53(45)29-6-8-31-69(58,59)60/h12-13,15-24,32-33H,5-11,14,25-31,50H2,1-4H3,(H4-,51,54,55,56,57,58,59,60,61,62,63,64,65,66)/p+1. The lowest BCUT2D eigenvalue weighted by atomic mass is 9.81. The predicted octanol–water partition coefficient (Wildman–Crippen LogP) is 6.58. The normalized spacial score (nSPS) is 18.2. The maximum Gasteiger partial charge on any atom is 0.294 e. The predicted molar refractivity (Wildman–Crippen MR) is 271 cm³/mol. The molecule has 0 saturated heterocycles. The van der Waals surface area contributed by atoms with Crippen molar-refractivity contribution in [1.82, 2.24) is 5.32 Å². The minimum absolute atomic E-state index is 0.116. The molecule has 7 N–H and O–H groups in total. The van der Waals surface area contributed by atoms with Gasteiger partial charge in [0.25, 0.3) is 40.5 Å². The maximum absolute atomic E-state index is 12.3. The van der Waals surface area contributed by atoms with E-state index in [1.54, 1.807) is 12.1 Å². The van der Waals surface area contributed by atoms with Crippen LogP contribution in [0.2, 0.25) is 0 Å². The lowest BCUT2D eigenvalue weighted by Crippen LogP contribution is -2.29. The number of unbranched alkanes of at least 4 members (excludes halogenated alkanes) is 2. The molecule has 6 rings (SSSR count). The number of benzene rings is 3. The number of rotatable bonds is 22. The molecule has 0 aromatic heterocycles. The van der Waals surface area contributed by atoms with Gasteiger partial charge in [0.2, 0.25) is 11.6 Å². The van der Waals surface area contributed by atoms with E-state index in [4.69, 9.17) is 10.5 Å². The molecular formula is C49H63N4O14S4+. The van der Waals surface area contributed by atoms with Crippen LogP contribution in [-0.4, -0.2) is 106 Å². The molecule has 2 heterocycles. The van der Waals surface area contributed by atoms with E-state index in [-0.39, 0.29) is 35.0 Å². The monoisotopic (exact) mass is 1060 g/mol. The van der Waals surface area contributed by atoms with Crippen LogP contribution >= 0.6 is 0 Å². The number of amides is 1. The van der Waals surface area contributed by atoms with Gasteiger partial charge in [-0.3, -0.25) is 23.0 Å². The van der Waals surface area contributed by atoms with Crippen molar-refractivity contribution in [2.45, 2.75) is 106 Å². The van der Waals surface area contributed by atoms with E-state index in [9.17, 15) is 56.7 Å². The quantitative estimate of drug-likeness (QED) is 0.0352. The number of allylic oxidation sites excluding steroid dienone is 7. The summed E-state index contributed by atoms with van der Waals surface area (Å²) in [4.78, 5) is 13.7. The average Bonchev–Trinajstić information content (AvgIpc) is 3.63. The van der Waals surface area contributed by atoms with Crippen molar-refractivity contribution in [2.24, 2.45) is 5.73 Å². The number of anilines is 1. The van der Waals surface area contributed by atoms with Gasteiger partial charge in [-0.05, 0) is 136 Å². The van der Waals surface area contributed by atoms with Crippen LogP contribution in [-0.2, 0) is 62.5 Å². The van der Waals surface area contributed by atoms with Crippen LogP contribution in [0.3, 0.4) is 0 Å². The SMILES string of the molecule is CC1(C)C(/C=C/C2=C(Oc3ccc(CCC(=O)NCCN)cc3)C(=C/C=C3/N(CCCCS(=O)(=O)O)c4ccc(S(=O)(=O)O)cc4C3(C)C)/CCC2)=[N+](CCCCS(=O)(=O)O)c2ccc(S(=O)(=O)O)cc21. The Balaban J connectivity index is 1.46. The number of fused-ring (bicyclic) bond motifs is 2. The Hall–Kier alpha value is -5.04. The minimum Gasteiger partial charge on any atom is -0.457 e. The molecule has 22 heteroatoms. The molecule has 1 aliphatic carbocycles. The van der Waals surface area contributed by atoms with Crippen LogP contribution in [0.25, 0.3) is 0 Å². The van der Waals surface area contributed by atoms with Crippen LogP contribution in [0.4, 0.5) is 11.4 Å². The summed E-state index contributed by atoms with van der Waals surface area (Å²) < 4.78 is 143. The van der Waals surface area contributed by atoms with Crippen LogP contribution in [0, 0.1) is 0 Å². The zero-order valence-electron chi connectivity index (χ0n) is 40.2. The smallest absolute Gasteiger partial charge is 0.294 e. The molecule has 1 amide bonds. The van der Waals surface area contributed by atoms with Gasteiger partial charge >= 0.3 is 0 Å². The number of carbonyl (C=O) groups excluding carboxylic acids is 1. The van der Waals surface area contributed by atoms with E-state index in [0.29, 0.717) is 98.7 Å².